The molecule has 0 unspecified atom stereocenters. The molecule has 7 heteroatoms. The van der Waals surface area contributed by atoms with Gasteiger partial charge in [0.1, 0.15) is 18.2 Å². The largest absolute Gasteiger partial charge is 0.325 e. The molecule has 1 heterocycles. The fraction of sp³-hybridized carbons (Fsp3) is 0.222. The molecule has 2 aromatic rings. The highest BCUT2D eigenvalue weighted by Gasteiger charge is 2.30. The number of benzene rings is 2. The van der Waals surface area contributed by atoms with Crippen LogP contribution in [0, 0.1) is 18.6 Å². The molecule has 0 aliphatic carbocycles. The van der Waals surface area contributed by atoms with Crippen molar-refractivity contribution in [2.75, 3.05) is 29.9 Å². The predicted molar refractivity (Wildman–Crippen MR) is 90.5 cm³/mol. The number of carbonyl (C=O) groups is 2. The first-order chi connectivity index (χ1) is 11.9. The van der Waals surface area contributed by atoms with E-state index in [2.05, 4.69) is 5.32 Å². The Balaban J connectivity index is 1.62. The van der Waals surface area contributed by atoms with E-state index in [9.17, 15) is 18.4 Å². The normalized spacial score (nSPS) is 14.1. The Morgan fingerprint density at radius 3 is 2.52 bits per heavy atom. The van der Waals surface area contributed by atoms with Gasteiger partial charge < -0.3 is 10.2 Å². The zero-order chi connectivity index (χ0) is 18.0. The predicted octanol–water partition coefficient (Wildman–Crippen LogP) is 3.15. The smallest absolute Gasteiger partial charge is 0.322 e. The molecule has 0 aromatic heterocycles. The van der Waals surface area contributed by atoms with Gasteiger partial charge in [-0.2, -0.15) is 0 Å². The van der Waals surface area contributed by atoms with E-state index in [1.807, 2.05) is 31.2 Å². The number of hydrogen-bond acceptors (Lipinski definition) is 2. The van der Waals surface area contributed by atoms with Crippen LogP contribution in [0.4, 0.5) is 25.0 Å². The van der Waals surface area contributed by atoms with Gasteiger partial charge in [-0.15, -0.1) is 0 Å². The Kier molecular flexibility index (Phi) is 4.65. The van der Waals surface area contributed by atoms with Crippen molar-refractivity contribution in [2.24, 2.45) is 0 Å². The van der Waals surface area contributed by atoms with Crippen LogP contribution >= 0.6 is 0 Å². The van der Waals surface area contributed by atoms with Crippen LogP contribution in [-0.4, -0.2) is 36.5 Å². The molecule has 0 saturated carbocycles. The number of hydrogen-bond donors (Lipinski definition) is 1. The monoisotopic (exact) mass is 345 g/mol. The van der Waals surface area contributed by atoms with Crippen LogP contribution in [0.3, 0.4) is 0 Å². The molecule has 5 nitrogen and oxygen atoms in total. The van der Waals surface area contributed by atoms with E-state index in [-0.39, 0.29) is 18.3 Å². The summed E-state index contributed by atoms with van der Waals surface area (Å²) in [5, 5.41) is 2.35. The van der Waals surface area contributed by atoms with Gasteiger partial charge in [0.2, 0.25) is 5.91 Å². The van der Waals surface area contributed by atoms with Crippen molar-refractivity contribution in [1.29, 1.82) is 0 Å². The van der Waals surface area contributed by atoms with Gasteiger partial charge >= 0.3 is 6.03 Å². The van der Waals surface area contributed by atoms with Crippen molar-refractivity contribution in [1.82, 2.24) is 4.90 Å². The van der Waals surface area contributed by atoms with Crippen LogP contribution < -0.4 is 10.2 Å². The molecular formula is C18H17F2N3O2. The Morgan fingerprint density at radius 2 is 1.84 bits per heavy atom. The van der Waals surface area contributed by atoms with Gasteiger partial charge in [0, 0.05) is 24.8 Å². The van der Waals surface area contributed by atoms with Gasteiger partial charge in [-0.3, -0.25) is 9.69 Å². The van der Waals surface area contributed by atoms with Crippen molar-refractivity contribution >= 4 is 23.3 Å². The lowest BCUT2D eigenvalue weighted by Crippen LogP contribution is -2.37. The van der Waals surface area contributed by atoms with E-state index in [1.165, 1.54) is 4.90 Å². The molecule has 1 aliphatic rings. The topological polar surface area (TPSA) is 52.6 Å². The second kappa shape index (κ2) is 6.88. The van der Waals surface area contributed by atoms with Gasteiger partial charge in [-0.05, 0) is 31.2 Å². The molecule has 1 fully saturated rings. The van der Waals surface area contributed by atoms with Crippen molar-refractivity contribution in [2.45, 2.75) is 6.92 Å². The van der Waals surface area contributed by atoms with E-state index in [4.69, 9.17) is 0 Å². The van der Waals surface area contributed by atoms with Gasteiger partial charge in [0.15, 0.2) is 0 Å². The highest BCUT2D eigenvalue weighted by Crippen LogP contribution is 2.21. The lowest BCUT2D eigenvalue weighted by molar-refractivity contribution is -0.116. The lowest BCUT2D eigenvalue weighted by Gasteiger charge is -2.18. The van der Waals surface area contributed by atoms with Gasteiger partial charge in [0.05, 0.1) is 5.69 Å². The maximum Gasteiger partial charge on any atom is 0.325 e. The summed E-state index contributed by atoms with van der Waals surface area (Å²) in [6, 6.07) is 10.1. The van der Waals surface area contributed by atoms with E-state index in [0.29, 0.717) is 19.2 Å². The van der Waals surface area contributed by atoms with Crippen molar-refractivity contribution in [3.8, 4) is 0 Å². The molecule has 0 atom stereocenters. The molecule has 3 rings (SSSR count). The van der Waals surface area contributed by atoms with Crippen LogP contribution in [0.5, 0.6) is 0 Å². The summed E-state index contributed by atoms with van der Waals surface area (Å²) >= 11 is 0. The molecule has 130 valence electrons. The fourth-order valence-electron chi connectivity index (χ4n) is 2.65. The summed E-state index contributed by atoms with van der Waals surface area (Å²) < 4.78 is 26.5. The van der Waals surface area contributed by atoms with Crippen molar-refractivity contribution in [3.05, 3.63) is 59.7 Å². The molecule has 25 heavy (non-hydrogen) atoms. The van der Waals surface area contributed by atoms with Crippen LogP contribution in [0.25, 0.3) is 0 Å². The zero-order valence-electron chi connectivity index (χ0n) is 13.6. The molecule has 3 amide bonds. The summed E-state index contributed by atoms with van der Waals surface area (Å²) in [5.74, 6) is -2.12. The Hall–Kier alpha value is -2.96. The minimum atomic E-state index is -0.859. The first kappa shape index (κ1) is 16.9. The van der Waals surface area contributed by atoms with Gasteiger partial charge in [-0.1, -0.05) is 17.7 Å². The number of nitrogens with zero attached hydrogens (tertiary/aromatic N) is 2. The van der Waals surface area contributed by atoms with Crippen LogP contribution in [0.1, 0.15) is 5.56 Å². The second-order valence-electron chi connectivity index (χ2n) is 5.86. The molecule has 0 bridgehead atoms. The van der Waals surface area contributed by atoms with Crippen molar-refractivity contribution < 1.29 is 18.4 Å². The van der Waals surface area contributed by atoms with Crippen LogP contribution in [0.2, 0.25) is 0 Å². The first-order valence-corrected chi connectivity index (χ1v) is 7.82. The number of urea groups is 1. The molecular weight excluding hydrogens is 328 g/mol. The molecule has 1 N–H and O–H groups in total. The number of amides is 3. The number of nitrogens with one attached hydrogen (secondary N) is 1. The minimum absolute atomic E-state index is 0.117. The minimum Gasteiger partial charge on any atom is -0.322 e. The average Bonchev–Trinajstić information content (AvgIpc) is 2.92. The number of anilines is 2. The molecule has 1 aliphatic heterocycles. The van der Waals surface area contributed by atoms with Crippen LogP contribution in [-0.2, 0) is 4.79 Å². The Bertz CT molecular complexity index is 808. The standard InChI is InChI=1S/C18H17F2N3O2/c1-12-2-5-14(6-3-12)23-9-8-22(18(23)25)11-17(24)21-16-7-4-13(19)10-15(16)20/h2-7,10H,8-9,11H2,1H3,(H,21,24). The Morgan fingerprint density at radius 1 is 1.12 bits per heavy atom. The second-order valence-corrected chi connectivity index (χ2v) is 5.86. The summed E-state index contributed by atoms with van der Waals surface area (Å²) in [4.78, 5) is 27.5. The maximum atomic E-state index is 13.6. The molecule has 0 radical (unpaired) electrons. The summed E-state index contributed by atoms with van der Waals surface area (Å²) in [7, 11) is 0. The summed E-state index contributed by atoms with van der Waals surface area (Å²) in [6.45, 7) is 2.63. The van der Waals surface area contributed by atoms with E-state index in [1.54, 1.807) is 4.90 Å². The van der Waals surface area contributed by atoms with E-state index >= 15 is 0 Å². The molecule has 2 aromatic carbocycles. The molecule has 0 spiro atoms. The van der Waals surface area contributed by atoms with Gasteiger partial charge in [0.25, 0.3) is 0 Å². The average molecular weight is 345 g/mol. The van der Waals surface area contributed by atoms with E-state index in [0.717, 1.165) is 23.4 Å². The summed E-state index contributed by atoms with van der Waals surface area (Å²) in [5.41, 5.74) is 1.74. The quantitative estimate of drug-likeness (QED) is 0.925. The highest BCUT2D eigenvalue weighted by atomic mass is 19.1. The maximum absolute atomic E-state index is 13.6. The lowest BCUT2D eigenvalue weighted by atomic mass is 10.2. The van der Waals surface area contributed by atoms with Gasteiger partial charge in [-0.25, -0.2) is 13.6 Å². The van der Waals surface area contributed by atoms with Crippen molar-refractivity contribution in [3.63, 3.8) is 0 Å². The Labute approximate surface area is 143 Å². The number of aryl methyl sites for hydroxylation is 1. The zero-order valence-corrected chi connectivity index (χ0v) is 13.6. The fourth-order valence-corrected chi connectivity index (χ4v) is 2.65. The number of halogens is 2. The number of rotatable bonds is 4. The molecule has 1 saturated heterocycles. The third-order valence-electron chi connectivity index (χ3n) is 3.98. The van der Waals surface area contributed by atoms with E-state index < -0.39 is 17.5 Å². The number of carbonyl (C=O) groups excluding carboxylic acids is 2. The SMILES string of the molecule is Cc1ccc(N2CCN(CC(=O)Nc3ccc(F)cc3F)C2=O)cc1. The first-order valence-electron chi connectivity index (χ1n) is 7.82. The highest BCUT2D eigenvalue weighted by molar-refractivity contribution is 5.99. The summed E-state index contributed by atoms with van der Waals surface area (Å²) in [6.07, 6.45) is 0. The third kappa shape index (κ3) is 3.76. The third-order valence-corrected chi connectivity index (χ3v) is 3.98. The van der Waals surface area contributed by atoms with Crippen LogP contribution in [0.15, 0.2) is 42.5 Å².